The molecule has 0 amide bonds. The Bertz CT molecular complexity index is 734. The van der Waals surface area contributed by atoms with Gasteiger partial charge in [-0.1, -0.05) is 48.5 Å². The van der Waals surface area contributed by atoms with E-state index in [4.69, 9.17) is 10.6 Å². The second-order valence-electron chi connectivity index (χ2n) is 4.63. The predicted molar refractivity (Wildman–Crippen MR) is 88.7 cm³/mol. The number of nitrogens with two attached hydrogens (primary N) is 1. The molecule has 0 spiro atoms. The number of esters is 1. The van der Waals surface area contributed by atoms with E-state index in [9.17, 15) is 10.1 Å². The molecule has 0 heterocycles. The van der Waals surface area contributed by atoms with Crippen LogP contribution in [-0.2, 0) is 9.53 Å². The van der Waals surface area contributed by atoms with Crippen molar-refractivity contribution in [2.24, 2.45) is 5.84 Å². The molecule has 0 atom stereocenters. The number of hydrogen-bond donors (Lipinski definition) is 1. The van der Waals surface area contributed by atoms with E-state index in [0.29, 0.717) is 16.9 Å². The van der Waals surface area contributed by atoms with E-state index in [0.717, 1.165) is 0 Å². The number of rotatable bonds is 5. The number of carbonyl (C=O) groups excluding carboxylic acids is 1. The van der Waals surface area contributed by atoms with Crippen LogP contribution in [0.5, 0.6) is 0 Å². The molecule has 0 bridgehead atoms. The number of nitrogens with zero attached hydrogens (tertiary/aromatic N) is 2. The fraction of sp³-hybridized carbons (Fsp3) is 0.111. The number of carbonyl (C=O) groups is 1. The van der Waals surface area contributed by atoms with Gasteiger partial charge in [-0.05, 0) is 19.1 Å². The molecule has 5 nitrogen and oxygen atoms in total. The van der Waals surface area contributed by atoms with E-state index >= 15 is 0 Å². The lowest BCUT2D eigenvalue weighted by Crippen LogP contribution is -2.31. The molecule has 2 aromatic carbocycles. The van der Waals surface area contributed by atoms with Crippen LogP contribution in [0.1, 0.15) is 12.5 Å². The number of nitriles is 1. The van der Waals surface area contributed by atoms with Crippen LogP contribution in [0.2, 0.25) is 0 Å². The number of hydrazine groups is 1. The van der Waals surface area contributed by atoms with Gasteiger partial charge in [-0.15, -0.1) is 0 Å². The Morgan fingerprint density at radius 2 is 1.70 bits per heavy atom. The molecule has 0 aliphatic carbocycles. The average molecular weight is 307 g/mol. The van der Waals surface area contributed by atoms with Crippen LogP contribution in [0.4, 0.5) is 5.69 Å². The van der Waals surface area contributed by atoms with Gasteiger partial charge in [0.05, 0.1) is 18.0 Å². The minimum absolute atomic E-state index is 0.135. The Morgan fingerprint density at radius 1 is 1.13 bits per heavy atom. The predicted octanol–water partition coefficient (Wildman–Crippen LogP) is 2.86. The van der Waals surface area contributed by atoms with Crippen molar-refractivity contribution >= 4 is 17.4 Å². The van der Waals surface area contributed by atoms with Gasteiger partial charge in [0.25, 0.3) is 0 Å². The Hall–Kier alpha value is -3.10. The maximum Gasteiger partial charge on any atom is 0.351 e. The Labute approximate surface area is 135 Å². The van der Waals surface area contributed by atoms with Crippen molar-refractivity contribution < 1.29 is 9.53 Å². The van der Waals surface area contributed by atoms with Gasteiger partial charge in [0.15, 0.2) is 5.57 Å². The first kappa shape index (κ1) is 16.3. The average Bonchev–Trinajstić information content (AvgIpc) is 2.60. The summed E-state index contributed by atoms with van der Waals surface area (Å²) in [5, 5.41) is 10.8. The first-order valence-corrected chi connectivity index (χ1v) is 7.15. The lowest BCUT2D eigenvalue weighted by molar-refractivity contribution is -0.137. The van der Waals surface area contributed by atoms with Gasteiger partial charge < -0.3 is 4.74 Å². The largest absolute Gasteiger partial charge is 0.462 e. The third-order valence-corrected chi connectivity index (χ3v) is 3.15. The van der Waals surface area contributed by atoms with E-state index < -0.39 is 5.97 Å². The van der Waals surface area contributed by atoms with Gasteiger partial charge in [0.1, 0.15) is 6.07 Å². The van der Waals surface area contributed by atoms with Crippen LogP contribution in [0, 0.1) is 11.3 Å². The molecule has 0 fully saturated rings. The molecule has 0 radical (unpaired) electrons. The van der Waals surface area contributed by atoms with Crippen LogP contribution < -0.4 is 10.9 Å². The quantitative estimate of drug-likeness (QED) is 0.302. The van der Waals surface area contributed by atoms with Crippen LogP contribution in [0.15, 0.2) is 66.2 Å². The summed E-state index contributed by atoms with van der Waals surface area (Å²) in [6.45, 7) is 1.87. The van der Waals surface area contributed by atoms with Crippen molar-refractivity contribution in [2.75, 3.05) is 11.6 Å². The minimum atomic E-state index is -0.694. The van der Waals surface area contributed by atoms with E-state index in [-0.39, 0.29) is 12.2 Å². The zero-order valence-corrected chi connectivity index (χ0v) is 12.8. The summed E-state index contributed by atoms with van der Waals surface area (Å²) in [7, 11) is 0. The maximum atomic E-state index is 12.1. The fourth-order valence-electron chi connectivity index (χ4n) is 2.12. The van der Waals surface area contributed by atoms with Gasteiger partial charge >= 0.3 is 5.97 Å². The van der Waals surface area contributed by atoms with Crippen LogP contribution >= 0.6 is 0 Å². The van der Waals surface area contributed by atoms with Crippen molar-refractivity contribution in [1.82, 2.24) is 0 Å². The molecule has 2 rings (SSSR count). The summed E-state index contributed by atoms with van der Waals surface area (Å²) >= 11 is 0. The molecule has 5 heteroatoms. The summed E-state index contributed by atoms with van der Waals surface area (Å²) < 4.78 is 4.98. The molecular weight excluding hydrogens is 290 g/mol. The summed E-state index contributed by atoms with van der Waals surface area (Å²) in [6.07, 6.45) is 0. The zero-order valence-electron chi connectivity index (χ0n) is 12.8. The first-order valence-electron chi connectivity index (χ1n) is 7.15. The van der Waals surface area contributed by atoms with Crippen molar-refractivity contribution in [3.05, 3.63) is 71.8 Å². The zero-order chi connectivity index (χ0) is 16.7. The van der Waals surface area contributed by atoms with E-state index in [1.165, 1.54) is 5.01 Å². The van der Waals surface area contributed by atoms with Crippen LogP contribution in [0.25, 0.3) is 5.70 Å². The smallest absolute Gasteiger partial charge is 0.351 e. The monoisotopic (exact) mass is 307 g/mol. The summed E-state index contributed by atoms with van der Waals surface area (Å²) in [5.41, 5.74) is 1.48. The molecule has 0 unspecified atom stereocenters. The third kappa shape index (κ3) is 3.76. The molecule has 0 aliphatic heterocycles. The Kier molecular flexibility index (Phi) is 5.50. The fourth-order valence-corrected chi connectivity index (χ4v) is 2.12. The summed E-state index contributed by atoms with van der Waals surface area (Å²) in [4.78, 5) is 12.1. The number of benzene rings is 2. The van der Waals surface area contributed by atoms with Crippen molar-refractivity contribution in [1.29, 1.82) is 5.26 Å². The molecule has 0 saturated carbocycles. The molecule has 0 aromatic heterocycles. The molecular formula is C18H17N3O2. The summed E-state index contributed by atoms with van der Waals surface area (Å²) in [5.74, 6) is 5.50. The van der Waals surface area contributed by atoms with Gasteiger partial charge in [0, 0.05) is 5.56 Å². The SMILES string of the molecule is CCOC(=O)C(C#N)=C(c1ccccc1)N(N)c1ccccc1. The Balaban J connectivity index is 2.61. The standard InChI is InChI=1S/C18H17N3O2/c1-2-23-18(22)16(13-19)17(14-9-5-3-6-10-14)21(20)15-11-7-4-8-12-15/h3-12H,2,20H2,1H3. The lowest BCUT2D eigenvalue weighted by Gasteiger charge is -2.23. The van der Waals surface area contributed by atoms with Gasteiger partial charge in [0.2, 0.25) is 0 Å². The number of hydrogen-bond acceptors (Lipinski definition) is 5. The normalized spacial score (nSPS) is 11.2. The van der Waals surface area contributed by atoms with Gasteiger partial charge in [-0.3, -0.25) is 5.01 Å². The van der Waals surface area contributed by atoms with Crippen molar-refractivity contribution in [2.45, 2.75) is 6.92 Å². The lowest BCUT2D eigenvalue weighted by atomic mass is 10.1. The van der Waals surface area contributed by atoms with E-state index in [2.05, 4.69) is 0 Å². The molecule has 23 heavy (non-hydrogen) atoms. The Morgan fingerprint density at radius 3 is 2.22 bits per heavy atom. The molecule has 116 valence electrons. The van der Waals surface area contributed by atoms with Crippen LogP contribution in [-0.4, -0.2) is 12.6 Å². The van der Waals surface area contributed by atoms with E-state index in [1.54, 1.807) is 31.2 Å². The highest BCUT2D eigenvalue weighted by atomic mass is 16.5. The second kappa shape index (κ2) is 7.78. The topological polar surface area (TPSA) is 79.4 Å². The number of para-hydroxylation sites is 1. The van der Waals surface area contributed by atoms with Crippen LogP contribution in [0.3, 0.4) is 0 Å². The van der Waals surface area contributed by atoms with Crippen molar-refractivity contribution in [3.8, 4) is 6.07 Å². The highest BCUT2D eigenvalue weighted by molar-refractivity contribution is 6.04. The van der Waals surface area contributed by atoms with Crippen molar-refractivity contribution in [3.63, 3.8) is 0 Å². The molecule has 0 aliphatic rings. The summed E-state index contributed by atoms with van der Waals surface area (Å²) in [6, 6.07) is 20.1. The number of anilines is 1. The molecule has 2 aromatic rings. The van der Waals surface area contributed by atoms with Gasteiger partial charge in [-0.2, -0.15) is 5.26 Å². The first-order chi connectivity index (χ1) is 11.2. The molecule has 0 saturated heterocycles. The maximum absolute atomic E-state index is 12.1. The van der Waals surface area contributed by atoms with Gasteiger partial charge in [-0.25, -0.2) is 10.6 Å². The highest BCUT2D eigenvalue weighted by Gasteiger charge is 2.22. The molecule has 2 N–H and O–H groups in total. The van der Waals surface area contributed by atoms with E-state index in [1.807, 2.05) is 42.5 Å². The number of ether oxygens (including phenoxy) is 1. The minimum Gasteiger partial charge on any atom is -0.462 e. The second-order valence-corrected chi connectivity index (χ2v) is 4.63. The third-order valence-electron chi connectivity index (χ3n) is 3.15. The highest BCUT2D eigenvalue weighted by Crippen LogP contribution is 2.26.